The number of hydrogen-bond acceptors (Lipinski definition) is 2. The fraction of sp³-hybridized carbons (Fsp3) is 0.588. The van der Waals surface area contributed by atoms with Gasteiger partial charge in [0, 0.05) is 25.7 Å². The van der Waals surface area contributed by atoms with Gasteiger partial charge in [0.05, 0.1) is 0 Å². The van der Waals surface area contributed by atoms with Crippen molar-refractivity contribution in [3.8, 4) is 0 Å². The summed E-state index contributed by atoms with van der Waals surface area (Å²) in [4.78, 5) is 14.1. The van der Waals surface area contributed by atoms with E-state index in [0.717, 1.165) is 45.2 Å². The number of carbonyl (C=O) groups is 1. The number of nitrogens with one attached hydrogen (secondary N) is 1. The molecule has 0 aliphatic carbocycles. The Kier molecular flexibility index (Phi) is 6.54. The molecule has 1 aliphatic rings. The Morgan fingerprint density at radius 2 is 1.90 bits per heavy atom. The van der Waals surface area contributed by atoms with Crippen LogP contribution in [0.2, 0.25) is 0 Å². The van der Waals surface area contributed by atoms with Crippen LogP contribution in [0.3, 0.4) is 0 Å². The third-order valence-electron chi connectivity index (χ3n) is 4.12. The fourth-order valence-corrected chi connectivity index (χ4v) is 2.81. The largest absolute Gasteiger partial charge is 0.334 e. The summed E-state index contributed by atoms with van der Waals surface area (Å²) in [5.41, 5.74) is 7.14. The maximum Gasteiger partial charge on any atom is 0.317 e. The Morgan fingerprint density at radius 3 is 2.57 bits per heavy atom. The molecule has 0 radical (unpaired) electrons. The number of nitrogens with zero attached hydrogens (tertiary/aromatic N) is 1. The van der Waals surface area contributed by atoms with Crippen molar-refractivity contribution in [2.45, 2.75) is 44.6 Å². The van der Waals surface area contributed by atoms with E-state index < -0.39 is 0 Å². The molecule has 0 bridgehead atoms. The summed E-state index contributed by atoms with van der Waals surface area (Å²) in [5, 5.41) is 3.08. The number of amides is 2. The molecule has 1 fully saturated rings. The average molecular weight is 289 g/mol. The molecule has 1 aliphatic heterocycles. The van der Waals surface area contributed by atoms with E-state index in [1.165, 1.54) is 12.0 Å². The van der Waals surface area contributed by atoms with Crippen LogP contribution in [0.25, 0.3) is 0 Å². The molecule has 1 aromatic rings. The molecular formula is C17H27N3O. The Hall–Kier alpha value is -1.55. The molecule has 1 heterocycles. The zero-order chi connectivity index (χ0) is 14.9. The second-order valence-electron chi connectivity index (χ2n) is 5.81. The highest BCUT2D eigenvalue weighted by Crippen LogP contribution is 2.10. The third kappa shape index (κ3) is 5.38. The van der Waals surface area contributed by atoms with Gasteiger partial charge in [-0.1, -0.05) is 30.3 Å². The van der Waals surface area contributed by atoms with E-state index in [4.69, 9.17) is 5.73 Å². The number of urea groups is 1. The summed E-state index contributed by atoms with van der Waals surface area (Å²) >= 11 is 0. The van der Waals surface area contributed by atoms with Gasteiger partial charge in [-0.15, -0.1) is 0 Å². The normalized spacial score (nSPS) is 16.5. The first-order valence-electron chi connectivity index (χ1n) is 8.09. The molecule has 0 aromatic heterocycles. The van der Waals surface area contributed by atoms with Gasteiger partial charge in [-0.3, -0.25) is 0 Å². The monoisotopic (exact) mass is 289 g/mol. The molecule has 0 saturated carbocycles. The highest BCUT2D eigenvalue weighted by molar-refractivity contribution is 5.74. The molecule has 21 heavy (non-hydrogen) atoms. The first kappa shape index (κ1) is 15.8. The number of aryl methyl sites for hydroxylation is 1. The summed E-state index contributed by atoms with van der Waals surface area (Å²) in [7, 11) is 0. The minimum Gasteiger partial charge on any atom is -0.334 e. The molecule has 116 valence electrons. The molecule has 0 spiro atoms. The van der Waals surface area contributed by atoms with Gasteiger partial charge in [-0.25, -0.2) is 4.79 Å². The predicted molar refractivity (Wildman–Crippen MR) is 86.2 cm³/mol. The second kappa shape index (κ2) is 8.67. The number of hydrogen-bond donors (Lipinski definition) is 2. The fourth-order valence-electron chi connectivity index (χ4n) is 2.81. The first-order chi connectivity index (χ1) is 10.3. The van der Waals surface area contributed by atoms with Gasteiger partial charge in [0.15, 0.2) is 0 Å². The van der Waals surface area contributed by atoms with Crippen LogP contribution in [0.15, 0.2) is 30.3 Å². The van der Waals surface area contributed by atoms with E-state index in [2.05, 4.69) is 29.6 Å². The van der Waals surface area contributed by atoms with Gasteiger partial charge in [-0.2, -0.15) is 0 Å². The lowest BCUT2D eigenvalue weighted by atomic mass is 10.0. The molecule has 2 amide bonds. The summed E-state index contributed by atoms with van der Waals surface area (Å²) in [6, 6.07) is 10.6. The van der Waals surface area contributed by atoms with E-state index in [1.54, 1.807) is 0 Å². The molecule has 1 atom stereocenters. The van der Waals surface area contributed by atoms with Crippen molar-refractivity contribution in [1.29, 1.82) is 0 Å². The van der Waals surface area contributed by atoms with Gasteiger partial charge in [0.25, 0.3) is 0 Å². The van der Waals surface area contributed by atoms with Crippen LogP contribution in [-0.2, 0) is 6.42 Å². The average Bonchev–Trinajstić information content (AvgIpc) is 2.55. The van der Waals surface area contributed by atoms with Crippen LogP contribution < -0.4 is 11.1 Å². The quantitative estimate of drug-likeness (QED) is 0.845. The molecule has 3 N–H and O–H groups in total. The smallest absolute Gasteiger partial charge is 0.317 e. The summed E-state index contributed by atoms with van der Waals surface area (Å²) in [6.45, 7) is 2.27. The van der Waals surface area contributed by atoms with Gasteiger partial charge < -0.3 is 16.0 Å². The van der Waals surface area contributed by atoms with Crippen molar-refractivity contribution in [3.05, 3.63) is 35.9 Å². The summed E-state index contributed by atoms with van der Waals surface area (Å²) in [5.74, 6) is 0. The highest BCUT2D eigenvalue weighted by atomic mass is 16.2. The Balaban J connectivity index is 1.71. The Morgan fingerprint density at radius 1 is 1.19 bits per heavy atom. The molecule has 2 rings (SSSR count). The van der Waals surface area contributed by atoms with Gasteiger partial charge >= 0.3 is 6.03 Å². The standard InChI is InChI=1S/C17H27N3O/c18-14-16(11-7-10-15-8-3-1-4-9-15)19-17(21)20-12-5-2-6-13-20/h1,3-4,8-9,16H,2,5-7,10-14,18H2,(H,19,21)/t16-/m0/s1. The van der Waals surface area contributed by atoms with E-state index in [0.29, 0.717) is 6.54 Å². The lowest BCUT2D eigenvalue weighted by molar-refractivity contribution is 0.182. The van der Waals surface area contributed by atoms with Gasteiger partial charge in [-0.05, 0) is 44.1 Å². The Bertz CT molecular complexity index is 415. The van der Waals surface area contributed by atoms with Crippen LogP contribution >= 0.6 is 0 Å². The topological polar surface area (TPSA) is 58.4 Å². The zero-order valence-electron chi connectivity index (χ0n) is 12.8. The Labute approximate surface area is 127 Å². The van der Waals surface area contributed by atoms with Crippen molar-refractivity contribution >= 4 is 6.03 Å². The zero-order valence-corrected chi connectivity index (χ0v) is 12.8. The van der Waals surface area contributed by atoms with E-state index in [1.807, 2.05) is 11.0 Å². The number of nitrogens with two attached hydrogens (primary N) is 1. The van der Waals surface area contributed by atoms with Crippen molar-refractivity contribution in [1.82, 2.24) is 10.2 Å². The highest BCUT2D eigenvalue weighted by Gasteiger charge is 2.18. The van der Waals surface area contributed by atoms with Gasteiger partial charge in [0.2, 0.25) is 0 Å². The first-order valence-corrected chi connectivity index (χ1v) is 8.09. The van der Waals surface area contributed by atoms with Crippen LogP contribution in [-0.4, -0.2) is 36.6 Å². The van der Waals surface area contributed by atoms with Gasteiger partial charge in [0.1, 0.15) is 0 Å². The van der Waals surface area contributed by atoms with Crippen LogP contribution in [0.4, 0.5) is 4.79 Å². The number of piperidine rings is 1. The lowest BCUT2D eigenvalue weighted by Crippen LogP contribution is -2.49. The summed E-state index contributed by atoms with van der Waals surface area (Å²) < 4.78 is 0. The number of likely N-dealkylation sites (tertiary alicyclic amines) is 1. The van der Waals surface area contributed by atoms with E-state index in [9.17, 15) is 4.79 Å². The van der Waals surface area contributed by atoms with Crippen molar-refractivity contribution in [3.63, 3.8) is 0 Å². The van der Waals surface area contributed by atoms with Crippen molar-refractivity contribution in [2.24, 2.45) is 5.73 Å². The molecule has 0 unspecified atom stereocenters. The van der Waals surface area contributed by atoms with Crippen LogP contribution in [0.5, 0.6) is 0 Å². The summed E-state index contributed by atoms with van der Waals surface area (Å²) in [6.07, 6.45) is 6.50. The minimum absolute atomic E-state index is 0.0601. The molecule has 1 aromatic carbocycles. The van der Waals surface area contributed by atoms with Crippen LogP contribution in [0.1, 0.15) is 37.7 Å². The van der Waals surface area contributed by atoms with Crippen LogP contribution in [0, 0.1) is 0 Å². The number of rotatable bonds is 6. The minimum atomic E-state index is 0.0601. The second-order valence-corrected chi connectivity index (χ2v) is 5.81. The maximum absolute atomic E-state index is 12.2. The predicted octanol–water partition coefficient (Wildman–Crippen LogP) is 2.53. The maximum atomic E-state index is 12.2. The molecule has 4 heteroatoms. The molecular weight excluding hydrogens is 262 g/mol. The van der Waals surface area contributed by atoms with Crippen molar-refractivity contribution in [2.75, 3.05) is 19.6 Å². The molecule has 1 saturated heterocycles. The van der Waals surface area contributed by atoms with E-state index in [-0.39, 0.29) is 12.1 Å². The SMILES string of the molecule is NC[C@H](CCCc1ccccc1)NC(=O)N1CCCCC1. The van der Waals surface area contributed by atoms with E-state index >= 15 is 0 Å². The number of benzene rings is 1. The third-order valence-corrected chi connectivity index (χ3v) is 4.12. The van der Waals surface area contributed by atoms with Crippen molar-refractivity contribution < 1.29 is 4.79 Å². The molecule has 4 nitrogen and oxygen atoms in total. The lowest BCUT2D eigenvalue weighted by Gasteiger charge is -2.29. The number of carbonyl (C=O) groups excluding carboxylic acids is 1.